The van der Waals surface area contributed by atoms with Crippen LogP contribution in [0.3, 0.4) is 0 Å². The van der Waals surface area contributed by atoms with Crippen molar-refractivity contribution in [3.8, 4) is 0 Å². The summed E-state index contributed by atoms with van der Waals surface area (Å²) in [5.74, 6) is 4.61. The van der Waals surface area contributed by atoms with E-state index in [0.29, 0.717) is 5.56 Å². The average molecular weight is 236 g/mol. The number of carbonyl (C=O) groups excluding carboxylic acids is 2. The predicted molar refractivity (Wildman–Crippen MR) is 65.1 cm³/mol. The molecule has 1 aromatic carbocycles. The standard InChI is InChI=1S/C11H16N4O2/c1-7-6-8(2-3-9(7)15-13)11(17)14-5-4-10(12)16/h2-3,6,15H,4-5,13H2,1H3,(H2,12,16)(H,14,17). The molecule has 6 heteroatoms. The third-order valence-electron chi connectivity index (χ3n) is 2.30. The maximum atomic E-state index is 11.7. The number of nitrogens with two attached hydrogens (primary N) is 2. The quantitative estimate of drug-likeness (QED) is 0.422. The molecule has 0 aliphatic rings. The first-order valence-electron chi connectivity index (χ1n) is 5.18. The second-order valence-electron chi connectivity index (χ2n) is 3.65. The number of hydrogen-bond acceptors (Lipinski definition) is 4. The average Bonchev–Trinajstić information content (AvgIpc) is 2.28. The smallest absolute Gasteiger partial charge is 0.251 e. The number of carbonyl (C=O) groups is 2. The van der Waals surface area contributed by atoms with Crippen molar-refractivity contribution in [3.63, 3.8) is 0 Å². The normalized spacial score (nSPS) is 9.76. The van der Waals surface area contributed by atoms with Gasteiger partial charge in [0, 0.05) is 18.5 Å². The molecule has 0 spiro atoms. The van der Waals surface area contributed by atoms with E-state index in [0.717, 1.165) is 11.3 Å². The van der Waals surface area contributed by atoms with Crippen LogP contribution in [0.25, 0.3) is 0 Å². The molecule has 2 amide bonds. The third-order valence-corrected chi connectivity index (χ3v) is 2.30. The number of anilines is 1. The van der Waals surface area contributed by atoms with Gasteiger partial charge in [-0.3, -0.25) is 15.4 Å². The van der Waals surface area contributed by atoms with E-state index < -0.39 is 5.91 Å². The molecule has 0 aromatic heterocycles. The van der Waals surface area contributed by atoms with Gasteiger partial charge in [0.25, 0.3) is 5.91 Å². The molecule has 0 atom stereocenters. The number of hydrazine groups is 1. The monoisotopic (exact) mass is 236 g/mol. The lowest BCUT2D eigenvalue weighted by molar-refractivity contribution is -0.117. The molecule has 0 heterocycles. The van der Waals surface area contributed by atoms with Crippen LogP contribution < -0.4 is 22.3 Å². The van der Waals surface area contributed by atoms with E-state index >= 15 is 0 Å². The van der Waals surface area contributed by atoms with Crippen molar-refractivity contribution in [3.05, 3.63) is 29.3 Å². The van der Waals surface area contributed by atoms with Gasteiger partial charge in [-0.1, -0.05) is 0 Å². The first-order chi connectivity index (χ1) is 8.04. The van der Waals surface area contributed by atoms with Crippen LogP contribution in [0.1, 0.15) is 22.3 Å². The summed E-state index contributed by atoms with van der Waals surface area (Å²) < 4.78 is 0. The Morgan fingerprint density at radius 1 is 1.35 bits per heavy atom. The molecule has 0 radical (unpaired) electrons. The van der Waals surface area contributed by atoms with Crippen molar-refractivity contribution in [2.24, 2.45) is 11.6 Å². The molecule has 1 rings (SSSR count). The Hall–Kier alpha value is -2.08. The van der Waals surface area contributed by atoms with Gasteiger partial charge in [-0.2, -0.15) is 0 Å². The van der Waals surface area contributed by atoms with Gasteiger partial charge in [-0.05, 0) is 30.7 Å². The van der Waals surface area contributed by atoms with Crippen LogP contribution >= 0.6 is 0 Å². The topological polar surface area (TPSA) is 110 Å². The highest BCUT2D eigenvalue weighted by Crippen LogP contribution is 2.14. The second-order valence-corrected chi connectivity index (χ2v) is 3.65. The predicted octanol–water partition coefficient (Wildman–Crippen LogP) is -0.114. The highest BCUT2D eigenvalue weighted by Gasteiger charge is 2.07. The van der Waals surface area contributed by atoms with Crippen molar-refractivity contribution >= 4 is 17.5 Å². The zero-order chi connectivity index (χ0) is 12.8. The lowest BCUT2D eigenvalue weighted by Gasteiger charge is -2.08. The van der Waals surface area contributed by atoms with Crippen molar-refractivity contribution in [2.45, 2.75) is 13.3 Å². The number of hydrogen-bond donors (Lipinski definition) is 4. The molecule has 0 saturated heterocycles. The van der Waals surface area contributed by atoms with Crippen molar-refractivity contribution < 1.29 is 9.59 Å². The fourth-order valence-electron chi connectivity index (χ4n) is 1.37. The third kappa shape index (κ3) is 3.76. The summed E-state index contributed by atoms with van der Waals surface area (Å²) in [6, 6.07) is 5.09. The van der Waals surface area contributed by atoms with Crippen LogP contribution in [0.15, 0.2) is 18.2 Å². The molecule has 6 N–H and O–H groups in total. The Balaban J connectivity index is 2.63. The van der Waals surface area contributed by atoms with Gasteiger partial charge >= 0.3 is 0 Å². The maximum Gasteiger partial charge on any atom is 0.251 e. The lowest BCUT2D eigenvalue weighted by Crippen LogP contribution is -2.27. The lowest BCUT2D eigenvalue weighted by atomic mass is 10.1. The summed E-state index contributed by atoms with van der Waals surface area (Å²) in [7, 11) is 0. The number of amides is 2. The van der Waals surface area contributed by atoms with Crippen LogP contribution in [0.5, 0.6) is 0 Å². The molecule has 0 fully saturated rings. The number of aryl methyl sites for hydroxylation is 1. The number of rotatable bonds is 5. The molecule has 0 saturated carbocycles. The molecule has 0 aliphatic carbocycles. The summed E-state index contributed by atoms with van der Waals surface area (Å²) in [6.45, 7) is 2.08. The molecule has 0 bridgehead atoms. The van der Waals surface area contributed by atoms with Gasteiger partial charge in [0.15, 0.2) is 0 Å². The number of nitrogens with one attached hydrogen (secondary N) is 2. The van der Waals surface area contributed by atoms with Crippen molar-refractivity contribution in [2.75, 3.05) is 12.0 Å². The molecule has 6 nitrogen and oxygen atoms in total. The van der Waals surface area contributed by atoms with E-state index in [9.17, 15) is 9.59 Å². The Bertz CT molecular complexity index is 431. The van der Waals surface area contributed by atoms with E-state index in [1.165, 1.54) is 0 Å². The van der Waals surface area contributed by atoms with E-state index in [1.807, 2.05) is 6.92 Å². The zero-order valence-corrected chi connectivity index (χ0v) is 9.62. The fraction of sp³-hybridized carbons (Fsp3) is 0.273. The molecular weight excluding hydrogens is 220 g/mol. The minimum Gasteiger partial charge on any atom is -0.370 e. The molecular formula is C11H16N4O2. The van der Waals surface area contributed by atoms with Crippen LogP contribution in [0, 0.1) is 6.92 Å². The van der Waals surface area contributed by atoms with Gasteiger partial charge in [0.2, 0.25) is 5.91 Å². The summed E-state index contributed by atoms with van der Waals surface area (Å²) in [5.41, 5.74) is 9.65. The minimum atomic E-state index is -0.441. The minimum absolute atomic E-state index is 0.132. The van der Waals surface area contributed by atoms with Crippen LogP contribution in [-0.4, -0.2) is 18.4 Å². The molecule has 17 heavy (non-hydrogen) atoms. The van der Waals surface area contributed by atoms with Gasteiger partial charge in [-0.15, -0.1) is 0 Å². The SMILES string of the molecule is Cc1cc(C(=O)NCCC(N)=O)ccc1NN. The van der Waals surface area contributed by atoms with Crippen LogP contribution in [-0.2, 0) is 4.79 Å². The first kappa shape index (κ1) is 13.0. The Labute approximate surface area is 99.3 Å². The summed E-state index contributed by atoms with van der Waals surface area (Å²) >= 11 is 0. The highest BCUT2D eigenvalue weighted by molar-refractivity contribution is 5.95. The molecule has 0 unspecified atom stereocenters. The zero-order valence-electron chi connectivity index (χ0n) is 9.62. The summed E-state index contributed by atoms with van der Waals surface area (Å²) in [4.78, 5) is 22.2. The Kier molecular flexibility index (Phi) is 4.47. The van der Waals surface area contributed by atoms with Gasteiger partial charge in [0.1, 0.15) is 0 Å². The summed E-state index contributed by atoms with van der Waals surface area (Å²) in [5, 5.41) is 2.60. The van der Waals surface area contributed by atoms with Crippen LogP contribution in [0.4, 0.5) is 5.69 Å². The van der Waals surface area contributed by atoms with E-state index in [-0.39, 0.29) is 18.9 Å². The van der Waals surface area contributed by atoms with Gasteiger partial charge < -0.3 is 16.5 Å². The molecule has 0 aliphatic heterocycles. The second kappa shape index (κ2) is 5.86. The number of benzene rings is 1. The molecule has 1 aromatic rings. The van der Waals surface area contributed by atoms with Crippen LogP contribution in [0.2, 0.25) is 0 Å². The molecule has 92 valence electrons. The maximum absolute atomic E-state index is 11.7. The van der Waals surface area contributed by atoms with E-state index in [4.69, 9.17) is 11.6 Å². The van der Waals surface area contributed by atoms with Gasteiger partial charge in [-0.25, -0.2) is 0 Å². The Morgan fingerprint density at radius 3 is 2.59 bits per heavy atom. The first-order valence-corrected chi connectivity index (χ1v) is 5.18. The van der Waals surface area contributed by atoms with Crippen molar-refractivity contribution in [1.29, 1.82) is 0 Å². The van der Waals surface area contributed by atoms with E-state index in [1.54, 1.807) is 18.2 Å². The number of primary amides is 1. The van der Waals surface area contributed by atoms with Crippen molar-refractivity contribution in [1.82, 2.24) is 5.32 Å². The highest BCUT2D eigenvalue weighted by atomic mass is 16.2. The largest absolute Gasteiger partial charge is 0.370 e. The summed E-state index contributed by atoms with van der Waals surface area (Å²) in [6.07, 6.45) is 0.132. The van der Waals surface area contributed by atoms with E-state index in [2.05, 4.69) is 10.7 Å². The number of nitrogen functional groups attached to an aromatic ring is 1. The van der Waals surface area contributed by atoms with Gasteiger partial charge in [0.05, 0.1) is 5.69 Å². The Morgan fingerprint density at radius 2 is 2.06 bits per heavy atom. The fourth-order valence-corrected chi connectivity index (χ4v) is 1.37.